The fraction of sp³-hybridized carbons (Fsp3) is 0.238. The van der Waals surface area contributed by atoms with Crippen LogP contribution < -0.4 is 9.47 Å². The molecule has 7 nitrogen and oxygen atoms in total. The van der Waals surface area contributed by atoms with E-state index in [0.29, 0.717) is 17.9 Å². The van der Waals surface area contributed by atoms with Crippen molar-refractivity contribution < 1.29 is 14.3 Å². The van der Waals surface area contributed by atoms with E-state index in [0.717, 1.165) is 35.5 Å². The highest BCUT2D eigenvalue weighted by Gasteiger charge is 2.33. The molecule has 0 unspecified atom stereocenters. The average molecular weight is 374 g/mol. The van der Waals surface area contributed by atoms with Crippen LogP contribution in [0.4, 0.5) is 0 Å². The number of hydrogen-bond donors (Lipinski definition) is 0. The van der Waals surface area contributed by atoms with Crippen molar-refractivity contribution >= 4 is 5.91 Å². The molecular weight excluding hydrogens is 356 g/mol. The Labute approximate surface area is 162 Å². The zero-order valence-corrected chi connectivity index (χ0v) is 15.1. The van der Waals surface area contributed by atoms with Gasteiger partial charge in [-0.05, 0) is 42.7 Å². The number of carbonyl (C=O) groups is 1. The molecule has 5 rings (SSSR count). The van der Waals surface area contributed by atoms with Gasteiger partial charge >= 0.3 is 0 Å². The third kappa shape index (κ3) is 3.26. The van der Waals surface area contributed by atoms with Crippen molar-refractivity contribution in [2.45, 2.75) is 25.4 Å². The molecule has 0 radical (unpaired) electrons. The quantitative estimate of drug-likeness (QED) is 0.683. The number of nitrogens with zero attached hydrogens (tertiary/aromatic N) is 4. The van der Waals surface area contributed by atoms with Crippen molar-refractivity contribution in [3.05, 3.63) is 66.2 Å². The fourth-order valence-corrected chi connectivity index (χ4v) is 3.24. The van der Waals surface area contributed by atoms with Crippen molar-refractivity contribution in [2.24, 2.45) is 0 Å². The van der Waals surface area contributed by atoms with Gasteiger partial charge in [0.1, 0.15) is 0 Å². The van der Waals surface area contributed by atoms with Crippen LogP contribution in [-0.4, -0.2) is 38.6 Å². The zero-order valence-electron chi connectivity index (χ0n) is 15.1. The van der Waals surface area contributed by atoms with E-state index >= 15 is 0 Å². The Morgan fingerprint density at radius 3 is 2.54 bits per heavy atom. The van der Waals surface area contributed by atoms with E-state index in [9.17, 15) is 4.79 Å². The van der Waals surface area contributed by atoms with Gasteiger partial charge in [-0.2, -0.15) is 0 Å². The van der Waals surface area contributed by atoms with Gasteiger partial charge in [0.15, 0.2) is 17.3 Å². The predicted octanol–water partition coefficient (Wildman–Crippen LogP) is 3.07. The molecule has 0 N–H and O–H groups in total. The van der Waals surface area contributed by atoms with Crippen LogP contribution in [-0.2, 0) is 6.54 Å². The molecular formula is C21H18N4O3. The third-order valence-electron chi connectivity index (χ3n) is 4.88. The molecule has 3 aromatic rings. The van der Waals surface area contributed by atoms with E-state index < -0.39 is 0 Å². The van der Waals surface area contributed by atoms with Gasteiger partial charge in [-0.15, -0.1) is 0 Å². The summed E-state index contributed by atoms with van der Waals surface area (Å²) in [5.41, 5.74) is 2.37. The molecule has 0 bridgehead atoms. The van der Waals surface area contributed by atoms with Gasteiger partial charge < -0.3 is 14.4 Å². The number of pyridine rings is 1. The summed E-state index contributed by atoms with van der Waals surface area (Å²) in [4.78, 5) is 27.7. The van der Waals surface area contributed by atoms with Crippen LogP contribution >= 0.6 is 0 Å². The maximum Gasteiger partial charge on any atom is 0.257 e. The molecule has 0 spiro atoms. The van der Waals surface area contributed by atoms with Gasteiger partial charge in [0.05, 0.1) is 5.56 Å². The van der Waals surface area contributed by atoms with E-state index in [1.165, 1.54) is 0 Å². The lowest BCUT2D eigenvalue weighted by Crippen LogP contribution is -2.32. The molecule has 1 aliphatic heterocycles. The number of aromatic nitrogens is 3. The third-order valence-corrected chi connectivity index (χ3v) is 4.88. The Kier molecular flexibility index (Phi) is 4.12. The Balaban J connectivity index is 1.36. The summed E-state index contributed by atoms with van der Waals surface area (Å²) in [6.45, 7) is 0.761. The first-order chi connectivity index (χ1) is 13.8. The molecule has 0 saturated heterocycles. The van der Waals surface area contributed by atoms with Crippen molar-refractivity contribution in [2.75, 3.05) is 6.79 Å². The smallest absolute Gasteiger partial charge is 0.257 e. The minimum atomic E-state index is -0.0542. The Morgan fingerprint density at radius 1 is 1.04 bits per heavy atom. The van der Waals surface area contributed by atoms with E-state index in [1.807, 2.05) is 35.2 Å². The number of benzene rings is 1. The molecule has 2 aliphatic rings. The molecule has 28 heavy (non-hydrogen) atoms. The molecule has 0 atom stereocenters. The van der Waals surface area contributed by atoms with Crippen LogP contribution in [0.2, 0.25) is 0 Å². The molecule has 1 aromatic carbocycles. The number of ether oxygens (including phenoxy) is 2. The molecule has 1 amide bonds. The second-order valence-corrected chi connectivity index (χ2v) is 6.88. The van der Waals surface area contributed by atoms with Crippen molar-refractivity contribution in [3.8, 4) is 22.9 Å². The number of fused-ring (bicyclic) bond motifs is 1. The van der Waals surface area contributed by atoms with Crippen LogP contribution in [0.1, 0.15) is 28.8 Å². The van der Waals surface area contributed by atoms with Gasteiger partial charge in [0.2, 0.25) is 6.79 Å². The maximum atomic E-state index is 13.1. The molecule has 3 heterocycles. The van der Waals surface area contributed by atoms with E-state index in [1.54, 1.807) is 24.8 Å². The van der Waals surface area contributed by atoms with Crippen LogP contribution in [0.5, 0.6) is 11.5 Å². The Hall–Kier alpha value is -3.48. The summed E-state index contributed by atoms with van der Waals surface area (Å²) in [6, 6.07) is 9.74. The van der Waals surface area contributed by atoms with Gasteiger partial charge in [0.25, 0.3) is 5.91 Å². The fourth-order valence-electron chi connectivity index (χ4n) is 3.24. The normalized spacial score (nSPS) is 14.7. The summed E-state index contributed by atoms with van der Waals surface area (Å²) < 4.78 is 10.8. The minimum Gasteiger partial charge on any atom is -0.454 e. The van der Waals surface area contributed by atoms with Gasteiger partial charge in [-0.3, -0.25) is 9.78 Å². The molecule has 140 valence electrons. The number of rotatable bonds is 5. The van der Waals surface area contributed by atoms with Crippen LogP contribution in [0.25, 0.3) is 11.4 Å². The highest BCUT2D eigenvalue weighted by Crippen LogP contribution is 2.35. The lowest BCUT2D eigenvalue weighted by molar-refractivity contribution is 0.0729. The summed E-state index contributed by atoms with van der Waals surface area (Å²) >= 11 is 0. The summed E-state index contributed by atoms with van der Waals surface area (Å²) in [7, 11) is 0. The first kappa shape index (κ1) is 16.7. The largest absolute Gasteiger partial charge is 0.454 e. The Morgan fingerprint density at radius 2 is 1.79 bits per heavy atom. The summed E-state index contributed by atoms with van der Waals surface area (Å²) in [5, 5.41) is 0. The lowest BCUT2D eigenvalue weighted by Gasteiger charge is -2.22. The van der Waals surface area contributed by atoms with E-state index in [2.05, 4.69) is 15.0 Å². The Bertz CT molecular complexity index is 1000. The first-order valence-electron chi connectivity index (χ1n) is 9.20. The standard InChI is InChI=1S/C21H18N4O3/c26-21(16-10-23-20(24-11-16)15-5-7-22-8-6-15)25(17-2-3-17)12-14-1-4-18-19(9-14)28-13-27-18/h1,4-11,17H,2-3,12-13H2. The highest BCUT2D eigenvalue weighted by molar-refractivity contribution is 5.94. The highest BCUT2D eigenvalue weighted by atomic mass is 16.7. The zero-order chi connectivity index (χ0) is 18.9. The molecule has 1 saturated carbocycles. The van der Waals surface area contributed by atoms with Crippen molar-refractivity contribution in [3.63, 3.8) is 0 Å². The van der Waals surface area contributed by atoms with Gasteiger partial charge in [-0.25, -0.2) is 9.97 Å². The summed E-state index contributed by atoms with van der Waals surface area (Å²) in [5.74, 6) is 1.99. The summed E-state index contributed by atoms with van der Waals surface area (Å²) in [6.07, 6.45) is 8.62. The molecule has 2 aromatic heterocycles. The van der Waals surface area contributed by atoms with E-state index in [-0.39, 0.29) is 18.7 Å². The molecule has 1 fully saturated rings. The van der Waals surface area contributed by atoms with Crippen molar-refractivity contribution in [1.82, 2.24) is 19.9 Å². The lowest BCUT2D eigenvalue weighted by atomic mass is 10.1. The average Bonchev–Trinajstić information content (AvgIpc) is 3.49. The van der Waals surface area contributed by atoms with Gasteiger partial charge in [0, 0.05) is 42.9 Å². The number of hydrogen-bond acceptors (Lipinski definition) is 6. The van der Waals surface area contributed by atoms with E-state index in [4.69, 9.17) is 9.47 Å². The SMILES string of the molecule is O=C(c1cnc(-c2ccncc2)nc1)N(Cc1ccc2c(c1)OCO2)C1CC1. The second-order valence-electron chi connectivity index (χ2n) is 6.88. The van der Waals surface area contributed by atoms with Crippen LogP contribution in [0.15, 0.2) is 55.1 Å². The number of amides is 1. The number of carbonyl (C=O) groups excluding carboxylic acids is 1. The first-order valence-corrected chi connectivity index (χ1v) is 9.20. The van der Waals surface area contributed by atoms with Crippen molar-refractivity contribution in [1.29, 1.82) is 0 Å². The monoisotopic (exact) mass is 374 g/mol. The van der Waals surface area contributed by atoms with Crippen LogP contribution in [0.3, 0.4) is 0 Å². The topological polar surface area (TPSA) is 77.4 Å². The second kappa shape index (κ2) is 6.92. The maximum absolute atomic E-state index is 13.1. The van der Waals surface area contributed by atoms with Gasteiger partial charge in [-0.1, -0.05) is 6.07 Å². The predicted molar refractivity (Wildman–Crippen MR) is 101 cm³/mol. The minimum absolute atomic E-state index is 0.0542. The molecule has 7 heteroatoms. The molecule has 1 aliphatic carbocycles. The van der Waals surface area contributed by atoms with Crippen LogP contribution in [0, 0.1) is 0 Å².